The van der Waals surface area contributed by atoms with Gasteiger partial charge in [-0.2, -0.15) is 0 Å². The Morgan fingerprint density at radius 2 is 0.438 bits per heavy atom. The lowest BCUT2D eigenvalue weighted by Gasteiger charge is -2.15. The molecule has 0 fully saturated rings. The van der Waals surface area contributed by atoms with Crippen LogP contribution in [0.1, 0.15) is 0 Å². The van der Waals surface area contributed by atoms with Crippen molar-refractivity contribution in [3.63, 3.8) is 0 Å². The molecule has 298 valence electrons. The monoisotopic (exact) mass is 814 g/mol. The van der Waals surface area contributed by atoms with Gasteiger partial charge in [0.15, 0.2) is 0 Å². The minimum absolute atomic E-state index is 1.13. The van der Waals surface area contributed by atoms with Crippen LogP contribution in [0, 0.1) is 0 Å². The van der Waals surface area contributed by atoms with Crippen molar-refractivity contribution < 1.29 is 0 Å². The number of hydrogen-bond donors (Lipinski definition) is 0. The van der Waals surface area contributed by atoms with Crippen molar-refractivity contribution >= 4 is 87.2 Å². The topological polar surface area (TPSA) is 19.7 Å². The van der Waals surface area contributed by atoms with E-state index in [4.69, 9.17) is 0 Å². The van der Waals surface area contributed by atoms with Gasteiger partial charge in [0.05, 0.1) is 55.5 Å². The minimum Gasteiger partial charge on any atom is -0.307 e. The molecule has 0 aliphatic rings. The third-order valence-corrected chi connectivity index (χ3v) is 13.6. The fourth-order valence-electron chi connectivity index (χ4n) is 10.9. The first kappa shape index (κ1) is 35.0. The van der Waals surface area contributed by atoms with Crippen LogP contribution in [0.2, 0.25) is 0 Å². The molecule has 14 rings (SSSR count). The molecule has 0 aliphatic carbocycles. The van der Waals surface area contributed by atoms with E-state index < -0.39 is 0 Å². The standard InChI is InChI=1S/C60H38N4/c1-9-25-53-43(15-1)44-16-2-10-26-54(44)63(53)57-29-13-21-49-47-19-5-7-23-51(47)61(59(49)57)41-35-31-39(32-36-41)40-33-37-42(38-34-40)62-52-24-8-6-20-48(52)50-22-14-30-58(60(50)62)64-55-27-11-3-17-45(55)46-18-4-12-28-56(46)64/h1-38H. The quantitative estimate of drug-likeness (QED) is 0.165. The molecule has 4 heteroatoms. The maximum Gasteiger partial charge on any atom is 0.0782 e. The van der Waals surface area contributed by atoms with Crippen molar-refractivity contribution in [1.82, 2.24) is 18.3 Å². The Hall–Kier alpha value is -8.60. The van der Waals surface area contributed by atoms with Crippen molar-refractivity contribution in [2.24, 2.45) is 0 Å². The molecule has 0 saturated carbocycles. The third kappa shape index (κ3) is 4.88. The maximum atomic E-state index is 2.45. The van der Waals surface area contributed by atoms with Crippen LogP contribution in [0.25, 0.3) is 121 Å². The lowest BCUT2D eigenvalue weighted by atomic mass is 10.0. The Morgan fingerprint density at radius 3 is 0.750 bits per heavy atom. The Bertz CT molecular complexity index is 3790. The first-order valence-electron chi connectivity index (χ1n) is 22.0. The Labute approximate surface area is 368 Å². The molecule has 0 spiro atoms. The van der Waals surface area contributed by atoms with Crippen LogP contribution in [0.15, 0.2) is 231 Å². The molecule has 0 radical (unpaired) electrons. The highest BCUT2D eigenvalue weighted by Gasteiger charge is 2.22. The Kier molecular flexibility index (Phi) is 7.36. The van der Waals surface area contributed by atoms with Gasteiger partial charge in [0.2, 0.25) is 0 Å². The molecule has 4 heterocycles. The minimum atomic E-state index is 1.13. The van der Waals surface area contributed by atoms with Crippen LogP contribution in [0.4, 0.5) is 0 Å². The second-order valence-corrected chi connectivity index (χ2v) is 16.9. The third-order valence-electron chi connectivity index (χ3n) is 13.6. The van der Waals surface area contributed by atoms with E-state index in [-0.39, 0.29) is 0 Å². The number of hydrogen-bond acceptors (Lipinski definition) is 0. The second kappa shape index (κ2) is 13.4. The molecule has 0 N–H and O–H groups in total. The average molecular weight is 815 g/mol. The Balaban J connectivity index is 0.909. The van der Waals surface area contributed by atoms with Crippen LogP contribution in [0.3, 0.4) is 0 Å². The van der Waals surface area contributed by atoms with Gasteiger partial charge in [-0.25, -0.2) is 0 Å². The first-order chi connectivity index (χ1) is 31.8. The summed E-state index contributed by atoms with van der Waals surface area (Å²) < 4.78 is 9.80. The molecule has 0 aliphatic heterocycles. The number of benzene rings is 10. The lowest BCUT2D eigenvalue weighted by molar-refractivity contribution is 1.13. The molecule has 0 atom stereocenters. The van der Waals surface area contributed by atoms with Gasteiger partial charge in [0, 0.05) is 54.5 Å². The van der Waals surface area contributed by atoms with E-state index in [0.717, 1.165) is 22.7 Å². The van der Waals surface area contributed by atoms with Crippen LogP contribution in [-0.4, -0.2) is 18.3 Å². The summed E-state index contributed by atoms with van der Waals surface area (Å²) in [6, 6.07) is 84.4. The van der Waals surface area contributed by atoms with E-state index in [9.17, 15) is 0 Å². The molecule has 0 saturated heterocycles. The van der Waals surface area contributed by atoms with E-state index in [0.29, 0.717) is 0 Å². The smallest absolute Gasteiger partial charge is 0.0782 e. The molecule has 14 aromatic rings. The summed E-state index contributed by atoms with van der Waals surface area (Å²) in [5.41, 5.74) is 16.5. The fraction of sp³-hybridized carbons (Fsp3) is 0. The summed E-state index contributed by atoms with van der Waals surface area (Å²) in [6.45, 7) is 0. The van der Waals surface area contributed by atoms with Gasteiger partial charge in [0.1, 0.15) is 0 Å². The average Bonchev–Trinajstić information content (AvgIpc) is 4.10. The van der Waals surface area contributed by atoms with Gasteiger partial charge in [-0.3, -0.25) is 0 Å². The van der Waals surface area contributed by atoms with E-state index in [1.807, 2.05) is 0 Å². The van der Waals surface area contributed by atoms with Crippen LogP contribution < -0.4 is 0 Å². The summed E-state index contributed by atoms with van der Waals surface area (Å²) >= 11 is 0. The SMILES string of the molecule is c1ccc2c(c1)c1ccccc1n2-c1cccc2c3ccccc3n(-c3ccc(-c4ccc(-n5c6ccccc6c6cccc(-n7c8ccccc8c8ccccc87)c65)cc4)cc3)c12. The highest BCUT2D eigenvalue weighted by molar-refractivity contribution is 6.16. The number of nitrogens with zero attached hydrogens (tertiary/aromatic N) is 4. The molecule has 4 aromatic heterocycles. The highest BCUT2D eigenvalue weighted by Crippen LogP contribution is 2.42. The lowest BCUT2D eigenvalue weighted by Crippen LogP contribution is -2.01. The molecule has 0 unspecified atom stereocenters. The maximum absolute atomic E-state index is 2.45. The van der Waals surface area contributed by atoms with E-state index in [1.54, 1.807) is 0 Å². The number of aromatic nitrogens is 4. The van der Waals surface area contributed by atoms with Gasteiger partial charge in [-0.1, -0.05) is 158 Å². The normalized spacial score (nSPS) is 12.1. The Morgan fingerprint density at radius 1 is 0.188 bits per heavy atom. The molecular formula is C60H38N4. The van der Waals surface area contributed by atoms with Crippen molar-refractivity contribution in [2.45, 2.75) is 0 Å². The molecule has 4 nitrogen and oxygen atoms in total. The summed E-state index contributed by atoms with van der Waals surface area (Å²) in [4.78, 5) is 0. The van der Waals surface area contributed by atoms with Gasteiger partial charge >= 0.3 is 0 Å². The summed E-state index contributed by atoms with van der Waals surface area (Å²) in [5, 5.41) is 9.99. The molecule has 0 bridgehead atoms. The van der Waals surface area contributed by atoms with Crippen molar-refractivity contribution in [3.8, 4) is 33.9 Å². The van der Waals surface area contributed by atoms with E-state index in [2.05, 4.69) is 249 Å². The summed E-state index contributed by atoms with van der Waals surface area (Å²) in [7, 11) is 0. The molecule has 0 amide bonds. The van der Waals surface area contributed by atoms with Gasteiger partial charge in [0.25, 0.3) is 0 Å². The van der Waals surface area contributed by atoms with Crippen LogP contribution in [-0.2, 0) is 0 Å². The second-order valence-electron chi connectivity index (χ2n) is 16.9. The van der Waals surface area contributed by atoms with Gasteiger partial charge in [-0.15, -0.1) is 0 Å². The zero-order valence-corrected chi connectivity index (χ0v) is 34.7. The summed E-state index contributed by atoms with van der Waals surface area (Å²) in [5.74, 6) is 0. The zero-order valence-electron chi connectivity index (χ0n) is 34.7. The molecule has 64 heavy (non-hydrogen) atoms. The predicted molar refractivity (Wildman–Crippen MR) is 269 cm³/mol. The summed E-state index contributed by atoms with van der Waals surface area (Å²) in [6.07, 6.45) is 0. The van der Waals surface area contributed by atoms with E-state index in [1.165, 1.54) is 98.4 Å². The highest BCUT2D eigenvalue weighted by atomic mass is 15.1. The zero-order chi connectivity index (χ0) is 41.9. The molecule has 10 aromatic carbocycles. The predicted octanol–water partition coefficient (Wildman–Crippen LogP) is 15.7. The van der Waals surface area contributed by atoms with Crippen molar-refractivity contribution in [1.29, 1.82) is 0 Å². The number of para-hydroxylation sites is 8. The van der Waals surface area contributed by atoms with Crippen molar-refractivity contribution in [3.05, 3.63) is 231 Å². The number of rotatable bonds is 5. The largest absolute Gasteiger partial charge is 0.307 e. The van der Waals surface area contributed by atoms with Gasteiger partial charge < -0.3 is 18.3 Å². The van der Waals surface area contributed by atoms with E-state index >= 15 is 0 Å². The van der Waals surface area contributed by atoms with Gasteiger partial charge in [-0.05, 0) is 83.9 Å². The van der Waals surface area contributed by atoms with Crippen LogP contribution >= 0.6 is 0 Å². The van der Waals surface area contributed by atoms with Crippen molar-refractivity contribution in [2.75, 3.05) is 0 Å². The van der Waals surface area contributed by atoms with Crippen LogP contribution in [0.5, 0.6) is 0 Å². The molecular weight excluding hydrogens is 777 g/mol. The first-order valence-corrected chi connectivity index (χ1v) is 22.0. The fourth-order valence-corrected chi connectivity index (χ4v) is 10.9. The number of fused-ring (bicyclic) bond motifs is 12.